The van der Waals surface area contributed by atoms with Gasteiger partial charge in [0.05, 0.1) is 11.3 Å². The fourth-order valence-corrected chi connectivity index (χ4v) is 6.09. The highest BCUT2D eigenvalue weighted by molar-refractivity contribution is 7.98. The lowest BCUT2D eigenvalue weighted by atomic mass is 9.95. The molecular weight excluding hydrogens is 498 g/mol. The number of pyridine rings is 1. The van der Waals surface area contributed by atoms with Gasteiger partial charge in [0.1, 0.15) is 33.6 Å². The first kappa shape index (κ1) is 25.0. The van der Waals surface area contributed by atoms with E-state index in [1.807, 2.05) is 29.6 Å². The zero-order valence-corrected chi connectivity index (χ0v) is 21.8. The van der Waals surface area contributed by atoms with Crippen molar-refractivity contribution in [3.05, 3.63) is 81.9 Å². The number of thiazole rings is 1. The molecule has 0 atom stereocenters. The Hall–Kier alpha value is -3.69. The van der Waals surface area contributed by atoms with E-state index in [1.54, 1.807) is 11.3 Å². The van der Waals surface area contributed by atoms with Crippen molar-refractivity contribution in [3.8, 4) is 33.8 Å². The number of nitrogens with zero attached hydrogens (tertiary/aromatic N) is 4. The maximum atomic E-state index is 10.1. The molecular formula is C29H25N5OS2. The highest BCUT2D eigenvalue weighted by Crippen LogP contribution is 2.41. The Morgan fingerprint density at radius 3 is 2.32 bits per heavy atom. The van der Waals surface area contributed by atoms with Crippen molar-refractivity contribution in [2.45, 2.75) is 42.4 Å². The van der Waals surface area contributed by atoms with Crippen LogP contribution in [0.15, 0.2) is 58.9 Å². The van der Waals surface area contributed by atoms with Gasteiger partial charge in [0.2, 0.25) is 0 Å². The van der Waals surface area contributed by atoms with Crippen LogP contribution >= 0.6 is 23.1 Å². The van der Waals surface area contributed by atoms with E-state index in [4.69, 9.17) is 15.8 Å². The molecule has 3 N–H and O–H groups in total. The molecule has 1 saturated carbocycles. The molecule has 0 radical (unpaired) electrons. The van der Waals surface area contributed by atoms with Gasteiger partial charge in [-0.15, -0.1) is 11.3 Å². The Morgan fingerprint density at radius 2 is 1.68 bits per heavy atom. The van der Waals surface area contributed by atoms with Gasteiger partial charge in [0, 0.05) is 28.9 Å². The average Bonchev–Trinajstić information content (AvgIpc) is 3.68. The van der Waals surface area contributed by atoms with Gasteiger partial charge in [0.15, 0.2) is 0 Å². The monoisotopic (exact) mass is 523 g/mol. The van der Waals surface area contributed by atoms with E-state index in [2.05, 4.69) is 41.4 Å². The number of rotatable bonds is 9. The number of thioether (sulfide) groups is 1. The molecule has 0 spiro atoms. The number of hydrogen-bond donors (Lipinski definition) is 2. The maximum absolute atomic E-state index is 10.1. The van der Waals surface area contributed by atoms with Crippen molar-refractivity contribution in [1.82, 2.24) is 9.97 Å². The predicted molar refractivity (Wildman–Crippen MR) is 148 cm³/mol. The molecule has 1 aliphatic carbocycles. The summed E-state index contributed by atoms with van der Waals surface area (Å²) < 4.78 is 0. The second-order valence-corrected chi connectivity index (χ2v) is 10.8. The summed E-state index contributed by atoms with van der Waals surface area (Å²) in [5.41, 5.74) is 12.4. The predicted octanol–water partition coefficient (Wildman–Crippen LogP) is 6.29. The van der Waals surface area contributed by atoms with E-state index in [1.165, 1.54) is 30.2 Å². The third kappa shape index (κ3) is 5.52. The molecule has 0 bridgehead atoms. The molecule has 37 heavy (non-hydrogen) atoms. The zero-order valence-electron chi connectivity index (χ0n) is 20.1. The lowest BCUT2D eigenvalue weighted by Gasteiger charge is -2.13. The topological polar surface area (TPSA) is 120 Å². The minimum absolute atomic E-state index is 0.109. The van der Waals surface area contributed by atoms with E-state index >= 15 is 0 Å². The molecule has 0 amide bonds. The van der Waals surface area contributed by atoms with E-state index in [0.717, 1.165) is 39.7 Å². The Labute approximate surface area is 224 Å². The molecule has 4 aromatic rings. The first-order valence-corrected chi connectivity index (χ1v) is 14.0. The Kier molecular flexibility index (Phi) is 7.52. The smallest absolute Gasteiger partial charge is 0.143 e. The summed E-state index contributed by atoms with van der Waals surface area (Å²) in [6.07, 6.45) is 4.01. The average molecular weight is 524 g/mol. The van der Waals surface area contributed by atoms with Gasteiger partial charge in [-0.3, -0.25) is 0 Å². The molecule has 1 fully saturated rings. The van der Waals surface area contributed by atoms with Gasteiger partial charge in [-0.05, 0) is 48.3 Å². The fourth-order valence-electron chi connectivity index (χ4n) is 4.28. The third-order valence-corrected chi connectivity index (χ3v) is 8.35. The lowest BCUT2D eigenvalue weighted by molar-refractivity contribution is 0.288. The van der Waals surface area contributed by atoms with Gasteiger partial charge < -0.3 is 10.8 Å². The van der Waals surface area contributed by atoms with Crippen molar-refractivity contribution in [2.75, 3.05) is 12.3 Å². The van der Waals surface area contributed by atoms with E-state index < -0.39 is 0 Å². The minimum atomic E-state index is 0.109. The van der Waals surface area contributed by atoms with Crippen molar-refractivity contribution in [2.24, 2.45) is 0 Å². The molecule has 0 saturated heterocycles. The largest absolute Gasteiger partial charge is 0.396 e. The van der Waals surface area contributed by atoms with Crippen LogP contribution in [-0.2, 0) is 12.2 Å². The van der Waals surface area contributed by atoms with Gasteiger partial charge in [-0.1, -0.05) is 60.3 Å². The van der Waals surface area contributed by atoms with Crippen LogP contribution in [0.25, 0.3) is 21.7 Å². The molecule has 184 valence electrons. The molecule has 5 rings (SSSR count). The molecule has 2 heterocycles. The number of aliphatic hydroxyl groups excluding tert-OH is 1. The van der Waals surface area contributed by atoms with Crippen LogP contribution in [0.1, 0.15) is 53.1 Å². The van der Waals surface area contributed by atoms with Crippen molar-refractivity contribution < 1.29 is 5.11 Å². The van der Waals surface area contributed by atoms with Crippen LogP contribution in [0, 0.1) is 22.7 Å². The van der Waals surface area contributed by atoms with Gasteiger partial charge >= 0.3 is 0 Å². The number of aryl methyl sites for hydroxylation is 1. The van der Waals surface area contributed by atoms with Crippen LogP contribution in [0.4, 0.5) is 5.82 Å². The molecule has 2 aromatic carbocycles. The zero-order chi connectivity index (χ0) is 25.8. The van der Waals surface area contributed by atoms with Gasteiger partial charge in [-0.2, -0.15) is 10.5 Å². The standard InChI is InChI=1S/C29H25N5OS2/c30-14-24-26(21-5-3-18(4-6-21)2-1-13-35)25(15-31)29(34-27(24)32)37-17-23-16-36-28(33-23)22-11-9-20(10-12-22)19-7-8-19/h3-6,9-12,16,19,35H,1-2,7-8,13,17H2,(H2,32,34). The Bertz CT molecular complexity index is 1490. The second-order valence-electron chi connectivity index (χ2n) is 9.00. The molecule has 0 unspecified atom stereocenters. The Balaban J connectivity index is 1.39. The van der Waals surface area contributed by atoms with Crippen LogP contribution < -0.4 is 5.73 Å². The van der Waals surface area contributed by atoms with Crippen molar-refractivity contribution >= 4 is 28.9 Å². The summed E-state index contributed by atoms with van der Waals surface area (Å²) in [4.78, 5) is 9.21. The molecule has 6 nitrogen and oxygen atoms in total. The van der Waals surface area contributed by atoms with E-state index in [-0.39, 0.29) is 18.0 Å². The van der Waals surface area contributed by atoms with Crippen LogP contribution in [0.3, 0.4) is 0 Å². The van der Waals surface area contributed by atoms with E-state index in [0.29, 0.717) is 28.3 Å². The summed E-state index contributed by atoms with van der Waals surface area (Å²) >= 11 is 3.00. The Morgan fingerprint density at radius 1 is 0.973 bits per heavy atom. The van der Waals surface area contributed by atoms with Gasteiger partial charge in [-0.25, -0.2) is 9.97 Å². The SMILES string of the molecule is N#Cc1c(N)nc(SCc2csc(-c3ccc(C4CC4)cc3)n2)c(C#N)c1-c1ccc(CCCO)cc1. The number of aromatic nitrogens is 2. The number of aliphatic hydroxyl groups is 1. The number of nitriles is 2. The second kappa shape index (κ2) is 11.1. The number of anilines is 1. The summed E-state index contributed by atoms with van der Waals surface area (Å²) in [6, 6.07) is 20.7. The van der Waals surface area contributed by atoms with Crippen molar-refractivity contribution in [1.29, 1.82) is 10.5 Å². The molecule has 1 aliphatic rings. The fraction of sp³-hybridized carbons (Fsp3) is 0.241. The van der Waals surface area contributed by atoms with Crippen LogP contribution in [0.5, 0.6) is 0 Å². The lowest BCUT2D eigenvalue weighted by Crippen LogP contribution is -2.03. The number of benzene rings is 2. The summed E-state index contributed by atoms with van der Waals surface area (Å²) in [6.45, 7) is 0.133. The molecule has 2 aromatic heterocycles. The minimum Gasteiger partial charge on any atom is -0.396 e. The van der Waals surface area contributed by atoms with Crippen LogP contribution in [-0.4, -0.2) is 21.7 Å². The molecule has 8 heteroatoms. The summed E-state index contributed by atoms with van der Waals surface area (Å²) in [5.74, 6) is 1.37. The van der Waals surface area contributed by atoms with E-state index in [9.17, 15) is 10.5 Å². The normalized spacial score (nSPS) is 12.7. The molecule has 0 aliphatic heterocycles. The first-order valence-electron chi connectivity index (χ1n) is 12.1. The first-order chi connectivity index (χ1) is 18.1. The van der Waals surface area contributed by atoms with Crippen LogP contribution in [0.2, 0.25) is 0 Å². The summed E-state index contributed by atoms with van der Waals surface area (Å²) in [7, 11) is 0. The maximum Gasteiger partial charge on any atom is 0.143 e. The number of nitrogen functional groups attached to an aromatic ring is 1. The summed E-state index contributed by atoms with van der Waals surface area (Å²) in [5, 5.41) is 32.4. The quantitative estimate of drug-likeness (QED) is 0.247. The third-order valence-electron chi connectivity index (χ3n) is 6.40. The van der Waals surface area contributed by atoms with Gasteiger partial charge in [0.25, 0.3) is 0 Å². The van der Waals surface area contributed by atoms with Crippen molar-refractivity contribution in [3.63, 3.8) is 0 Å². The highest BCUT2D eigenvalue weighted by atomic mass is 32.2. The highest BCUT2D eigenvalue weighted by Gasteiger charge is 2.23. The number of nitrogens with two attached hydrogens (primary N) is 1. The number of hydrogen-bond acceptors (Lipinski definition) is 8.